The Bertz CT molecular complexity index is 1270. The van der Waals surface area contributed by atoms with Gasteiger partial charge >= 0.3 is 6.09 Å². The van der Waals surface area contributed by atoms with Gasteiger partial charge in [-0.05, 0) is 33.9 Å². The van der Waals surface area contributed by atoms with Crippen LogP contribution in [0.1, 0.15) is 28.2 Å². The molecule has 3 aromatic carbocycles. The summed E-state index contributed by atoms with van der Waals surface area (Å²) in [6, 6.07) is 23.4. The molecule has 0 spiro atoms. The van der Waals surface area contributed by atoms with E-state index >= 15 is 0 Å². The summed E-state index contributed by atoms with van der Waals surface area (Å²) >= 11 is 0. The molecule has 1 N–H and O–H groups in total. The highest BCUT2D eigenvalue weighted by atomic mass is 32.2. The van der Waals surface area contributed by atoms with E-state index in [4.69, 9.17) is 4.74 Å². The van der Waals surface area contributed by atoms with Crippen LogP contribution >= 0.6 is 0 Å². The molecule has 0 saturated carbocycles. The van der Waals surface area contributed by atoms with E-state index in [2.05, 4.69) is 41.4 Å². The van der Waals surface area contributed by atoms with Crippen LogP contribution in [0.15, 0.2) is 72.8 Å². The first-order chi connectivity index (χ1) is 15.4. The molecule has 0 fully saturated rings. The number of sulfone groups is 1. The van der Waals surface area contributed by atoms with Gasteiger partial charge in [0.2, 0.25) is 0 Å². The van der Waals surface area contributed by atoms with Gasteiger partial charge in [-0.1, -0.05) is 78.6 Å². The number of fused-ring (bicyclic) bond motifs is 3. The Morgan fingerprint density at radius 3 is 2.19 bits per heavy atom. The van der Waals surface area contributed by atoms with Crippen molar-refractivity contribution in [2.24, 2.45) is 0 Å². The van der Waals surface area contributed by atoms with Crippen LogP contribution in [0.4, 0.5) is 4.79 Å². The van der Waals surface area contributed by atoms with Gasteiger partial charge in [-0.2, -0.15) is 0 Å². The zero-order valence-electron chi connectivity index (χ0n) is 17.7. The summed E-state index contributed by atoms with van der Waals surface area (Å²) in [7, 11) is -3.16. The lowest BCUT2D eigenvalue weighted by atomic mass is 9.98. The molecule has 1 amide bonds. The first kappa shape index (κ1) is 21.7. The Balaban J connectivity index is 1.35. The molecule has 1 aliphatic rings. The Hall–Kier alpha value is -3.56. The summed E-state index contributed by atoms with van der Waals surface area (Å²) in [5.74, 6) is 5.72. The Morgan fingerprint density at radius 1 is 0.938 bits per heavy atom. The fourth-order valence-electron chi connectivity index (χ4n) is 3.96. The highest BCUT2D eigenvalue weighted by molar-refractivity contribution is 7.89. The quantitative estimate of drug-likeness (QED) is 0.600. The van der Waals surface area contributed by atoms with Crippen molar-refractivity contribution in [2.45, 2.75) is 11.7 Å². The molecule has 0 aromatic heterocycles. The van der Waals surface area contributed by atoms with Crippen molar-refractivity contribution in [3.05, 3.63) is 95.1 Å². The van der Waals surface area contributed by atoms with Crippen molar-refractivity contribution in [1.82, 2.24) is 5.32 Å². The van der Waals surface area contributed by atoms with Crippen LogP contribution in [0.3, 0.4) is 0 Å². The van der Waals surface area contributed by atoms with Gasteiger partial charge in [-0.3, -0.25) is 0 Å². The highest BCUT2D eigenvalue weighted by Crippen LogP contribution is 2.44. The maximum Gasteiger partial charge on any atom is 0.407 e. The standard InChI is InChI=1S/C26H23NO4S/c1-32(29,30)18-20-10-3-2-9-19(20)11-8-16-27-26(28)31-17-25-23-14-6-4-12-21(23)22-13-5-7-15-24(22)25/h2-7,9-10,12-15,25H,16-18H2,1H3,(H,27,28). The fraction of sp³-hybridized carbons (Fsp3) is 0.192. The molecule has 1 aliphatic carbocycles. The van der Waals surface area contributed by atoms with E-state index in [1.165, 1.54) is 17.4 Å². The summed E-state index contributed by atoms with van der Waals surface area (Å²) in [6.07, 6.45) is 0.654. The van der Waals surface area contributed by atoms with Gasteiger partial charge in [0.1, 0.15) is 6.61 Å². The van der Waals surface area contributed by atoms with Crippen LogP contribution < -0.4 is 5.32 Å². The van der Waals surface area contributed by atoms with Crippen LogP contribution in [0.5, 0.6) is 0 Å². The summed E-state index contributed by atoms with van der Waals surface area (Å²) in [5.41, 5.74) is 5.94. The fourth-order valence-corrected chi connectivity index (χ4v) is 4.77. The maximum atomic E-state index is 12.2. The summed E-state index contributed by atoms with van der Waals surface area (Å²) in [4.78, 5) is 12.2. The summed E-state index contributed by atoms with van der Waals surface area (Å²) in [6.45, 7) is 0.342. The predicted molar refractivity (Wildman–Crippen MR) is 125 cm³/mol. The van der Waals surface area contributed by atoms with Crippen molar-refractivity contribution < 1.29 is 17.9 Å². The lowest BCUT2D eigenvalue weighted by molar-refractivity contribution is 0.144. The second-order valence-electron chi connectivity index (χ2n) is 7.71. The van der Waals surface area contributed by atoms with E-state index < -0.39 is 15.9 Å². The lowest BCUT2D eigenvalue weighted by Crippen LogP contribution is -2.26. The number of carbonyl (C=O) groups excluding carboxylic acids is 1. The number of benzene rings is 3. The molecule has 0 radical (unpaired) electrons. The molecule has 0 aliphatic heterocycles. The number of ether oxygens (including phenoxy) is 1. The molecule has 162 valence electrons. The van der Waals surface area contributed by atoms with E-state index in [1.54, 1.807) is 24.3 Å². The number of alkyl carbamates (subject to hydrolysis) is 1. The van der Waals surface area contributed by atoms with E-state index in [0.29, 0.717) is 11.1 Å². The monoisotopic (exact) mass is 445 g/mol. The molecule has 0 saturated heterocycles. The average molecular weight is 446 g/mol. The zero-order chi connectivity index (χ0) is 22.6. The third-order valence-corrected chi connectivity index (χ3v) is 6.16. The summed E-state index contributed by atoms with van der Waals surface area (Å²) in [5, 5.41) is 2.64. The highest BCUT2D eigenvalue weighted by Gasteiger charge is 2.28. The van der Waals surface area contributed by atoms with Gasteiger partial charge < -0.3 is 10.1 Å². The minimum Gasteiger partial charge on any atom is -0.449 e. The van der Waals surface area contributed by atoms with Gasteiger partial charge in [0, 0.05) is 17.7 Å². The molecule has 32 heavy (non-hydrogen) atoms. The van der Waals surface area contributed by atoms with Crippen LogP contribution in [0.2, 0.25) is 0 Å². The van der Waals surface area contributed by atoms with Gasteiger partial charge in [0.25, 0.3) is 0 Å². The topological polar surface area (TPSA) is 72.5 Å². The first-order valence-corrected chi connectivity index (χ1v) is 12.3. The van der Waals surface area contributed by atoms with Crippen molar-refractivity contribution >= 4 is 15.9 Å². The zero-order valence-corrected chi connectivity index (χ0v) is 18.5. The summed E-state index contributed by atoms with van der Waals surface area (Å²) < 4.78 is 28.7. The van der Waals surface area contributed by atoms with Crippen molar-refractivity contribution in [1.29, 1.82) is 0 Å². The number of hydrogen-bond donors (Lipinski definition) is 1. The molecule has 0 atom stereocenters. The second-order valence-corrected chi connectivity index (χ2v) is 9.85. The van der Waals surface area contributed by atoms with E-state index in [-0.39, 0.29) is 24.8 Å². The van der Waals surface area contributed by atoms with Crippen LogP contribution in [0, 0.1) is 11.8 Å². The third kappa shape index (κ3) is 5.01. The van der Waals surface area contributed by atoms with E-state index in [9.17, 15) is 13.2 Å². The molecular weight excluding hydrogens is 422 g/mol. The normalized spacial score (nSPS) is 12.3. The molecule has 6 heteroatoms. The van der Waals surface area contributed by atoms with Crippen LogP contribution in [0.25, 0.3) is 11.1 Å². The van der Waals surface area contributed by atoms with E-state index in [0.717, 1.165) is 11.1 Å². The van der Waals surface area contributed by atoms with Gasteiger partial charge in [-0.15, -0.1) is 0 Å². The van der Waals surface area contributed by atoms with Crippen molar-refractivity contribution in [3.8, 4) is 23.0 Å². The Morgan fingerprint density at radius 2 is 1.53 bits per heavy atom. The second kappa shape index (κ2) is 9.29. The number of rotatable bonds is 5. The molecular formula is C26H23NO4S. The Labute approximate surface area is 188 Å². The average Bonchev–Trinajstić information content (AvgIpc) is 3.09. The van der Waals surface area contributed by atoms with Gasteiger partial charge in [-0.25, -0.2) is 13.2 Å². The maximum absolute atomic E-state index is 12.2. The number of amides is 1. The predicted octanol–water partition coefficient (Wildman–Crippen LogP) is 4.12. The first-order valence-electron chi connectivity index (χ1n) is 10.3. The van der Waals surface area contributed by atoms with E-state index in [1.807, 2.05) is 24.3 Å². The third-order valence-electron chi connectivity index (χ3n) is 5.32. The van der Waals surface area contributed by atoms with Crippen LogP contribution in [-0.4, -0.2) is 33.9 Å². The van der Waals surface area contributed by atoms with Crippen LogP contribution in [-0.2, 0) is 20.3 Å². The molecule has 0 heterocycles. The number of nitrogens with one attached hydrogen (secondary N) is 1. The van der Waals surface area contributed by atoms with Crippen molar-refractivity contribution in [3.63, 3.8) is 0 Å². The van der Waals surface area contributed by atoms with Gasteiger partial charge in [0.15, 0.2) is 9.84 Å². The lowest BCUT2D eigenvalue weighted by Gasteiger charge is -2.14. The molecule has 5 nitrogen and oxygen atoms in total. The Kier molecular flexibility index (Phi) is 6.29. The smallest absolute Gasteiger partial charge is 0.407 e. The SMILES string of the molecule is CS(=O)(=O)Cc1ccccc1C#CCNC(=O)OCC1c2ccccc2-c2ccccc21. The minimum absolute atomic E-state index is 0.00195. The molecule has 4 rings (SSSR count). The van der Waals surface area contributed by atoms with Crippen molar-refractivity contribution in [2.75, 3.05) is 19.4 Å². The van der Waals surface area contributed by atoms with Gasteiger partial charge in [0.05, 0.1) is 12.3 Å². The largest absolute Gasteiger partial charge is 0.449 e. The number of hydrogen-bond acceptors (Lipinski definition) is 4. The number of carbonyl (C=O) groups is 1. The molecule has 3 aromatic rings. The molecule has 0 bridgehead atoms. The minimum atomic E-state index is -3.16. The molecule has 0 unspecified atom stereocenters.